The molecule has 0 saturated carbocycles. The molecule has 1 aromatic carbocycles. The van der Waals surface area contributed by atoms with Gasteiger partial charge in [-0.25, -0.2) is 4.98 Å². The largest absolute Gasteiger partial charge is 0.465 e. The monoisotopic (exact) mass is 283 g/mol. The SMILES string of the molecule is CCOC(=O)C(C)(C)c1nc2ccc(Cl)cc2s1. The van der Waals surface area contributed by atoms with Crippen molar-refractivity contribution in [3.8, 4) is 0 Å². The number of hydrogen-bond donors (Lipinski definition) is 0. The van der Waals surface area contributed by atoms with E-state index in [1.54, 1.807) is 13.0 Å². The highest BCUT2D eigenvalue weighted by Gasteiger charge is 2.34. The van der Waals surface area contributed by atoms with E-state index in [0.29, 0.717) is 11.6 Å². The van der Waals surface area contributed by atoms with Crippen molar-refractivity contribution in [2.45, 2.75) is 26.2 Å². The van der Waals surface area contributed by atoms with Crippen LogP contribution in [-0.4, -0.2) is 17.6 Å². The van der Waals surface area contributed by atoms with E-state index in [9.17, 15) is 4.79 Å². The average molecular weight is 284 g/mol. The summed E-state index contributed by atoms with van der Waals surface area (Å²) >= 11 is 7.42. The van der Waals surface area contributed by atoms with Crippen LogP contribution in [0.1, 0.15) is 25.8 Å². The summed E-state index contributed by atoms with van der Waals surface area (Å²) in [7, 11) is 0. The lowest BCUT2D eigenvalue weighted by Crippen LogP contribution is -2.30. The van der Waals surface area contributed by atoms with Crippen LogP contribution in [0.25, 0.3) is 10.2 Å². The smallest absolute Gasteiger partial charge is 0.318 e. The summed E-state index contributed by atoms with van der Waals surface area (Å²) in [5.41, 5.74) is 0.128. The van der Waals surface area contributed by atoms with Crippen LogP contribution in [0.2, 0.25) is 5.02 Å². The number of thiazole rings is 1. The van der Waals surface area contributed by atoms with Crippen LogP contribution in [0.5, 0.6) is 0 Å². The van der Waals surface area contributed by atoms with Crippen molar-refractivity contribution >= 4 is 39.1 Å². The summed E-state index contributed by atoms with van der Waals surface area (Å²) in [6.07, 6.45) is 0. The van der Waals surface area contributed by atoms with Gasteiger partial charge in [0, 0.05) is 5.02 Å². The third kappa shape index (κ3) is 2.35. The topological polar surface area (TPSA) is 39.2 Å². The second kappa shape index (κ2) is 4.86. The maximum absolute atomic E-state index is 11.9. The summed E-state index contributed by atoms with van der Waals surface area (Å²) in [6, 6.07) is 5.52. The lowest BCUT2D eigenvalue weighted by molar-refractivity contribution is -0.148. The fraction of sp³-hybridized carbons (Fsp3) is 0.385. The van der Waals surface area contributed by atoms with Gasteiger partial charge in [-0.3, -0.25) is 4.79 Å². The zero-order chi connectivity index (χ0) is 13.3. The minimum atomic E-state index is -0.730. The summed E-state index contributed by atoms with van der Waals surface area (Å²) in [5, 5.41) is 1.42. The second-order valence-corrected chi connectivity index (χ2v) is 5.94. The first kappa shape index (κ1) is 13.3. The molecule has 0 aliphatic heterocycles. The number of benzene rings is 1. The molecule has 0 aliphatic rings. The molecule has 5 heteroatoms. The van der Waals surface area contributed by atoms with Crippen LogP contribution in [0.4, 0.5) is 0 Å². The van der Waals surface area contributed by atoms with Crippen LogP contribution >= 0.6 is 22.9 Å². The van der Waals surface area contributed by atoms with Crippen LogP contribution in [0.15, 0.2) is 18.2 Å². The molecule has 0 N–H and O–H groups in total. The average Bonchev–Trinajstić information content (AvgIpc) is 2.72. The van der Waals surface area contributed by atoms with Gasteiger partial charge in [-0.05, 0) is 39.0 Å². The Bertz CT molecular complexity index is 592. The van der Waals surface area contributed by atoms with E-state index in [4.69, 9.17) is 16.3 Å². The Morgan fingerprint density at radius 3 is 2.89 bits per heavy atom. The maximum Gasteiger partial charge on any atom is 0.318 e. The van der Waals surface area contributed by atoms with Crippen LogP contribution in [0.3, 0.4) is 0 Å². The minimum Gasteiger partial charge on any atom is -0.465 e. The van der Waals surface area contributed by atoms with Gasteiger partial charge in [0.25, 0.3) is 0 Å². The number of esters is 1. The van der Waals surface area contributed by atoms with Crippen molar-refractivity contribution in [1.29, 1.82) is 0 Å². The summed E-state index contributed by atoms with van der Waals surface area (Å²) in [5.74, 6) is -0.254. The predicted octanol–water partition coefficient (Wildman–Crippen LogP) is 3.79. The number of hydrogen-bond acceptors (Lipinski definition) is 4. The second-order valence-electron chi connectivity index (χ2n) is 4.48. The number of fused-ring (bicyclic) bond motifs is 1. The predicted molar refractivity (Wildman–Crippen MR) is 74.3 cm³/mol. The number of carbonyl (C=O) groups is 1. The molecule has 2 aromatic rings. The van der Waals surface area contributed by atoms with Crippen molar-refractivity contribution < 1.29 is 9.53 Å². The van der Waals surface area contributed by atoms with Gasteiger partial charge >= 0.3 is 5.97 Å². The minimum absolute atomic E-state index is 0.254. The Balaban J connectivity index is 2.44. The molecule has 0 fully saturated rings. The van der Waals surface area contributed by atoms with Gasteiger partial charge in [0.05, 0.1) is 16.8 Å². The summed E-state index contributed by atoms with van der Waals surface area (Å²) in [4.78, 5) is 16.4. The number of rotatable bonds is 3. The van der Waals surface area contributed by atoms with E-state index < -0.39 is 5.41 Å². The third-order valence-corrected chi connectivity index (χ3v) is 4.25. The molecule has 18 heavy (non-hydrogen) atoms. The normalized spacial score (nSPS) is 11.8. The number of halogens is 1. The number of aromatic nitrogens is 1. The lowest BCUT2D eigenvalue weighted by Gasteiger charge is -2.19. The molecule has 0 unspecified atom stereocenters. The highest BCUT2D eigenvalue weighted by Crippen LogP contribution is 2.33. The molecule has 3 nitrogen and oxygen atoms in total. The maximum atomic E-state index is 11.9. The molecule has 2 rings (SSSR count). The first-order valence-electron chi connectivity index (χ1n) is 5.69. The standard InChI is InChI=1S/C13H14ClNO2S/c1-4-17-12(16)13(2,3)11-15-9-6-5-8(14)7-10(9)18-11/h5-7H,4H2,1-3H3. The van der Waals surface area contributed by atoms with Gasteiger partial charge in [0.2, 0.25) is 0 Å². The van der Waals surface area contributed by atoms with E-state index in [-0.39, 0.29) is 5.97 Å². The van der Waals surface area contributed by atoms with E-state index in [1.165, 1.54) is 11.3 Å². The Labute approximate surface area is 115 Å². The van der Waals surface area contributed by atoms with Crippen molar-refractivity contribution in [1.82, 2.24) is 4.98 Å². The highest BCUT2D eigenvalue weighted by atomic mass is 35.5. The van der Waals surface area contributed by atoms with Gasteiger partial charge in [-0.2, -0.15) is 0 Å². The first-order chi connectivity index (χ1) is 8.45. The van der Waals surface area contributed by atoms with E-state index in [1.807, 2.05) is 26.0 Å². The lowest BCUT2D eigenvalue weighted by atomic mass is 9.95. The van der Waals surface area contributed by atoms with E-state index in [0.717, 1.165) is 15.2 Å². The quantitative estimate of drug-likeness (QED) is 0.805. The zero-order valence-electron chi connectivity index (χ0n) is 10.5. The Kier molecular flexibility index (Phi) is 3.59. The van der Waals surface area contributed by atoms with E-state index >= 15 is 0 Å². The Hall–Kier alpha value is -1.13. The molecule has 0 spiro atoms. The molecule has 0 saturated heterocycles. The van der Waals surface area contributed by atoms with Gasteiger partial charge in [0.15, 0.2) is 0 Å². The Morgan fingerprint density at radius 2 is 2.22 bits per heavy atom. The molecule has 0 aliphatic carbocycles. The fourth-order valence-corrected chi connectivity index (χ4v) is 2.90. The van der Waals surface area contributed by atoms with E-state index in [2.05, 4.69) is 4.98 Å². The van der Waals surface area contributed by atoms with Crippen molar-refractivity contribution in [3.05, 3.63) is 28.2 Å². The third-order valence-electron chi connectivity index (χ3n) is 2.67. The molecule has 1 aromatic heterocycles. The van der Waals surface area contributed by atoms with Gasteiger partial charge < -0.3 is 4.74 Å². The van der Waals surface area contributed by atoms with Crippen LogP contribution in [0, 0.1) is 0 Å². The molecule has 0 radical (unpaired) electrons. The number of carbonyl (C=O) groups excluding carboxylic acids is 1. The van der Waals surface area contributed by atoms with Crippen molar-refractivity contribution in [2.75, 3.05) is 6.61 Å². The number of ether oxygens (including phenoxy) is 1. The number of nitrogens with zero attached hydrogens (tertiary/aromatic N) is 1. The molecular formula is C13H14ClNO2S. The van der Waals surface area contributed by atoms with Crippen molar-refractivity contribution in [2.24, 2.45) is 0 Å². The molecule has 1 heterocycles. The summed E-state index contributed by atoms with van der Waals surface area (Å²) in [6.45, 7) is 5.82. The molecule has 96 valence electrons. The van der Waals surface area contributed by atoms with Crippen LogP contribution in [-0.2, 0) is 14.9 Å². The van der Waals surface area contributed by atoms with Gasteiger partial charge in [-0.15, -0.1) is 11.3 Å². The fourth-order valence-electron chi connectivity index (χ4n) is 1.56. The van der Waals surface area contributed by atoms with Crippen molar-refractivity contribution in [3.63, 3.8) is 0 Å². The molecule has 0 bridgehead atoms. The molecule has 0 amide bonds. The zero-order valence-corrected chi connectivity index (χ0v) is 12.1. The van der Waals surface area contributed by atoms with Crippen LogP contribution < -0.4 is 0 Å². The highest BCUT2D eigenvalue weighted by molar-refractivity contribution is 7.18. The molecule has 0 atom stereocenters. The summed E-state index contributed by atoms with van der Waals surface area (Å²) < 4.78 is 6.06. The first-order valence-corrected chi connectivity index (χ1v) is 6.88. The van der Waals surface area contributed by atoms with Gasteiger partial charge in [-0.1, -0.05) is 11.6 Å². The Morgan fingerprint density at radius 1 is 1.50 bits per heavy atom. The molecular weight excluding hydrogens is 270 g/mol. The van der Waals surface area contributed by atoms with Gasteiger partial charge in [0.1, 0.15) is 10.4 Å².